The Morgan fingerprint density at radius 1 is 1.03 bits per heavy atom. The summed E-state index contributed by atoms with van der Waals surface area (Å²) in [6.45, 7) is 8.05. The molecule has 1 aliphatic heterocycles. The van der Waals surface area contributed by atoms with Crippen LogP contribution < -0.4 is 10.2 Å². The Morgan fingerprint density at radius 2 is 1.89 bits per heavy atom. The molecule has 178 valence electrons. The van der Waals surface area contributed by atoms with Gasteiger partial charge in [0.2, 0.25) is 0 Å². The number of pyridine rings is 3. The lowest BCUT2D eigenvalue weighted by Gasteiger charge is -2.28. The zero-order chi connectivity index (χ0) is 23.8. The number of anilines is 1. The molecule has 9 heteroatoms. The summed E-state index contributed by atoms with van der Waals surface area (Å²) < 4.78 is 0. The number of aromatic amines is 2. The number of hydrogen-bond acceptors (Lipinski definition) is 7. The lowest BCUT2D eigenvalue weighted by molar-refractivity contribution is 0.578. The first-order chi connectivity index (χ1) is 17.2. The lowest BCUT2D eigenvalue weighted by atomic mass is 9.99. The van der Waals surface area contributed by atoms with Crippen molar-refractivity contribution in [3.63, 3.8) is 0 Å². The van der Waals surface area contributed by atoms with E-state index in [-0.39, 0.29) is 0 Å². The number of H-pyrrole nitrogens is 2. The molecule has 0 aromatic carbocycles. The van der Waals surface area contributed by atoms with Crippen LogP contribution in [0.1, 0.15) is 37.3 Å². The summed E-state index contributed by atoms with van der Waals surface area (Å²) in [4.78, 5) is 24.4. The molecule has 0 atom stereocenters. The number of hydrogen-bond donors (Lipinski definition) is 3. The summed E-state index contributed by atoms with van der Waals surface area (Å²) in [7, 11) is 0. The minimum atomic E-state index is 0.660. The molecule has 0 unspecified atom stereocenters. The number of fused-ring (bicyclic) bond motifs is 2. The molecule has 1 aliphatic rings. The smallest absolute Gasteiger partial charge is 0.181 e. The van der Waals surface area contributed by atoms with Crippen molar-refractivity contribution in [1.29, 1.82) is 0 Å². The maximum atomic E-state index is 4.99. The molecule has 35 heavy (non-hydrogen) atoms. The maximum absolute atomic E-state index is 4.99. The van der Waals surface area contributed by atoms with Crippen molar-refractivity contribution >= 4 is 27.8 Å². The molecule has 3 N–H and O–H groups in total. The van der Waals surface area contributed by atoms with E-state index in [1.54, 1.807) is 0 Å². The van der Waals surface area contributed by atoms with Gasteiger partial charge >= 0.3 is 0 Å². The van der Waals surface area contributed by atoms with Crippen molar-refractivity contribution < 1.29 is 0 Å². The van der Waals surface area contributed by atoms with Gasteiger partial charge in [0.05, 0.1) is 29.0 Å². The van der Waals surface area contributed by atoms with Gasteiger partial charge in [-0.15, -0.1) is 0 Å². The van der Waals surface area contributed by atoms with Gasteiger partial charge in [0.25, 0.3) is 0 Å². The molecule has 6 rings (SSSR count). The summed E-state index contributed by atoms with van der Waals surface area (Å²) in [6, 6.07) is 2.12. The van der Waals surface area contributed by atoms with Crippen LogP contribution in [0.15, 0.2) is 37.1 Å². The van der Waals surface area contributed by atoms with E-state index in [0.717, 1.165) is 70.9 Å². The van der Waals surface area contributed by atoms with Crippen LogP contribution in [0.25, 0.3) is 44.7 Å². The van der Waals surface area contributed by atoms with Crippen molar-refractivity contribution in [2.24, 2.45) is 0 Å². The summed E-state index contributed by atoms with van der Waals surface area (Å²) >= 11 is 0. The number of piperidine rings is 1. The van der Waals surface area contributed by atoms with Gasteiger partial charge < -0.3 is 15.2 Å². The van der Waals surface area contributed by atoms with Gasteiger partial charge in [-0.1, -0.05) is 6.92 Å². The van der Waals surface area contributed by atoms with Gasteiger partial charge in [0, 0.05) is 49.4 Å². The molecule has 0 amide bonds. The Morgan fingerprint density at radius 3 is 2.74 bits per heavy atom. The molecule has 1 fully saturated rings. The molecule has 9 nitrogen and oxygen atoms in total. The van der Waals surface area contributed by atoms with Crippen LogP contribution in [-0.2, 0) is 6.54 Å². The molecule has 6 heterocycles. The quantitative estimate of drug-likeness (QED) is 0.340. The zero-order valence-electron chi connectivity index (χ0n) is 20.1. The summed E-state index contributed by atoms with van der Waals surface area (Å²) in [6.07, 6.45) is 13.2. The van der Waals surface area contributed by atoms with Crippen LogP contribution in [-0.4, -0.2) is 54.8 Å². The number of rotatable bonds is 6. The van der Waals surface area contributed by atoms with Gasteiger partial charge in [0.15, 0.2) is 11.5 Å². The molecule has 0 radical (unpaired) electrons. The average Bonchev–Trinajstić information content (AvgIpc) is 3.52. The SMILES string of the molecule is CCNCc1cncc(-c2cnc3n[nH]c(-c4nc5c(N6CCCCC6)cncc5[nH]4)c3c2)c1C. The van der Waals surface area contributed by atoms with Crippen LogP contribution in [0.3, 0.4) is 0 Å². The van der Waals surface area contributed by atoms with E-state index in [4.69, 9.17) is 4.98 Å². The molecule has 1 saturated heterocycles. The fourth-order valence-corrected chi connectivity index (χ4v) is 4.93. The van der Waals surface area contributed by atoms with Crippen molar-refractivity contribution in [2.45, 2.75) is 39.7 Å². The van der Waals surface area contributed by atoms with Gasteiger partial charge in [0.1, 0.15) is 11.2 Å². The second-order valence-corrected chi connectivity index (χ2v) is 9.13. The standard InChI is InChI=1S/C26H29N9/c1-3-27-10-18-11-28-13-20(16(18)2)17-9-19-23(33-34-25(19)30-12-17)26-31-21-14-29-15-22(24(21)32-26)35-7-5-4-6-8-35/h9,11-15,27H,3-8,10H2,1-2H3,(H,31,32)(H,30,33,34). The Hall–Kier alpha value is -3.85. The normalized spacial score (nSPS) is 14.3. The number of nitrogens with one attached hydrogen (secondary N) is 3. The van der Waals surface area contributed by atoms with Gasteiger partial charge in [-0.2, -0.15) is 5.10 Å². The van der Waals surface area contributed by atoms with E-state index in [2.05, 4.69) is 60.3 Å². The summed E-state index contributed by atoms with van der Waals surface area (Å²) in [5.74, 6) is 0.739. The highest BCUT2D eigenvalue weighted by atomic mass is 15.2. The maximum Gasteiger partial charge on any atom is 0.181 e. The topological polar surface area (TPSA) is 111 Å². The molecule has 5 aromatic heterocycles. The molecule has 0 aliphatic carbocycles. The van der Waals surface area contributed by atoms with E-state index >= 15 is 0 Å². The average molecular weight is 468 g/mol. The first kappa shape index (κ1) is 21.7. The van der Waals surface area contributed by atoms with Gasteiger partial charge in [-0.3, -0.25) is 15.1 Å². The third kappa shape index (κ3) is 3.91. The van der Waals surface area contributed by atoms with Gasteiger partial charge in [-0.05, 0) is 49.9 Å². The Labute approximate surface area is 203 Å². The van der Waals surface area contributed by atoms with E-state index in [1.807, 2.05) is 31.0 Å². The van der Waals surface area contributed by atoms with E-state index in [0.29, 0.717) is 5.65 Å². The molecule has 0 saturated carbocycles. The molecule has 5 aromatic rings. The second-order valence-electron chi connectivity index (χ2n) is 9.13. The van der Waals surface area contributed by atoms with Crippen LogP contribution >= 0.6 is 0 Å². The summed E-state index contributed by atoms with van der Waals surface area (Å²) in [5, 5.41) is 11.9. The van der Waals surface area contributed by atoms with E-state index in [1.165, 1.54) is 30.4 Å². The Bertz CT molecular complexity index is 1490. The van der Waals surface area contributed by atoms with Crippen LogP contribution in [0.5, 0.6) is 0 Å². The number of aromatic nitrogens is 7. The number of nitrogens with zero attached hydrogens (tertiary/aromatic N) is 6. The number of imidazole rings is 1. The van der Waals surface area contributed by atoms with Gasteiger partial charge in [-0.25, -0.2) is 9.97 Å². The van der Waals surface area contributed by atoms with E-state index < -0.39 is 0 Å². The first-order valence-electron chi connectivity index (χ1n) is 12.3. The minimum absolute atomic E-state index is 0.660. The highest BCUT2D eigenvalue weighted by Gasteiger charge is 2.19. The molecular weight excluding hydrogens is 438 g/mol. The third-order valence-electron chi connectivity index (χ3n) is 6.91. The monoisotopic (exact) mass is 467 g/mol. The Kier molecular flexibility index (Phi) is 5.61. The first-order valence-corrected chi connectivity index (χ1v) is 12.3. The fraction of sp³-hybridized carbons (Fsp3) is 0.346. The van der Waals surface area contributed by atoms with Crippen LogP contribution in [0.2, 0.25) is 0 Å². The minimum Gasteiger partial charge on any atom is -0.368 e. The predicted molar refractivity (Wildman–Crippen MR) is 138 cm³/mol. The van der Waals surface area contributed by atoms with Crippen molar-refractivity contribution in [2.75, 3.05) is 24.5 Å². The summed E-state index contributed by atoms with van der Waals surface area (Å²) in [5.41, 5.74) is 8.91. The highest BCUT2D eigenvalue weighted by Crippen LogP contribution is 2.33. The largest absolute Gasteiger partial charge is 0.368 e. The predicted octanol–water partition coefficient (Wildman–Crippen LogP) is 4.37. The molecule has 0 spiro atoms. The molecule has 0 bridgehead atoms. The molecular formula is C26H29N9. The third-order valence-corrected chi connectivity index (χ3v) is 6.91. The fourth-order valence-electron chi connectivity index (χ4n) is 4.93. The zero-order valence-corrected chi connectivity index (χ0v) is 20.1. The van der Waals surface area contributed by atoms with Crippen molar-refractivity contribution in [3.8, 4) is 22.6 Å². The van der Waals surface area contributed by atoms with Crippen molar-refractivity contribution in [3.05, 3.63) is 48.2 Å². The van der Waals surface area contributed by atoms with Crippen LogP contribution in [0.4, 0.5) is 5.69 Å². The highest BCUT2D eigenvalue weighted by molar-refractivity contribution is 5.95. The Balaban J connectivity index is 1.42. The van der Waals surface area contributed by atoms with E-state index in [9.17, 15) is 0 Å². The second kappa shape index (κ2) is 9.07. The lowest BCUT2D eigenvalue weighted by Crippen LogP contribution is -2.29. The van der Waals surface area contributed by atoms with Crippen molar-refractivity contribution in [1.82, 2.24) is 40.4 Å². The van der Waals surface area contributed by atoms with Crippen LogP contribution in [0, 0.1) is 6.92 Å².